The first kappa shape index (κ1) is 33.0. The summed E-state index contributed by atoms with van der Waals surface area (Å²) < 4.78 is 2.01. The van der Waals surface area contributed by atoms with Crippen LogP contribution in [0.15, 0.2) is 78.0 Å². The second-order valence-electron chi connectivity index (χ2n) is 12.5. The number of aromatic nitrogens is 3. The Hall–Kier alpha value is -3.33. The Morgan fingerprint density at radius 1 is 0.933 bits per heavy atom. The molecule has 0 aliphatic carbocycles. The SMILES string of the molecule is CC1CN(C(=O)CCCSc2nnc(Cc3ccccc3)n2-c2ccc(Cl)c(Cl)c2)CCN1C(=O)c1ccc(C(C)(C)C)cc1. The van der Waals surface area contributed by atoms with Crippen molar-refractivity contribution in [2.75, 3.05) is 25.4 Å². The molecule has 1 fully saturated rings. The highest BCUT2D eigenvalue weighted by Crippen LogP contribution is 2.29. The summed E-state index contributed by atoms with van der Waals surface area (Å²) in [5.74, 6) is 1.63. The summed E-state index contributed by atoms with van der Waals surface area (Å²) >= 11 is 14.1. The highest BCUT2D eigenvalue weighted by molar-refractivity contribution is 7.99. The van der Waals surface area contributed by atoms with Crippen molar-refractivity contribution in [2.24, 2.45) is 0 Å². The van der Waals surface area contributed by atoms with Gasteiger partial charge in [0.2, 0.25) is 5.91 Å². The van der Waals surface area contributed by atoms with Gasteiger partial charge in [-0.1, -0.05) is 98.2 Å². The van der Waals surface area contributed by atoms with Crippen molar-refractivity contribution in [3.05, 3.63) is 105 Å². The summed E-state index contributed by atoms with van der Waals surface area (Å²) in [6, 6.07) is 23.5. The van der Waals surface area contributed by atoms with Crippen LogP contribution in [0.5, 0.6) is 0 Å². The molecule has 10 heteroatoms. The minimum atomic E-state index is -0.0559. The molecule has 3 aromatic carbocycles. The molecule has 0 radical (unpaired) electrons. The van der Waals surface area contributed by atoms with Crippen LogP contribution in [0.2, 0.25) is 10.0 Å². The molecule has 1 aromatic heterocycles. The first-order valence-corrected chi connectivity index (χ1v) is 17.0. The third-order valence-corrected chi connectivity index (χ3v) is 9.83. The van der Waals surface area contributed by atoms with Gasteiger partial charge in [0, 0.05) is 49.8 Å². The molecule has 1 aliphatic heterocycles. The predicted octanol–water partition coefficient (Wildman–Crippen LogP) is 7.71. The third-order valence-electron chi connectivity index (χ3n) is 8.07. The Balaban J connectivity index is 1.16. The Kier molecular flexibility index (Phi) is 10.6. The summed E-state index contributed by atoms with van der Waals surface area (Å²) in [6.07, 6.45) is 1.74. The molecule has 1 aliphatic rings. The Labute approximate surface area is 279 Å². The molecule has 1 unspecified atom stereocenters. The van der Waals surface area contributed by atoms with Gasteiger partial charge in [0.25, 0.3) is 5.91 Å². The van der Waals surface area contributed by atoms with E-state index < -0.39 is 0 Å². The predicted molar refractivity (Wildman–Crippen MR) is 183 cm³/mol. The third kappa shape index (κ3) is 8.10. The normalized spacial score (nSPS) is 15.4. The number of thioether (sulfide) groups is 1. The van der Waals surface area contributed by atoms with Crippen molar-refractivity contribution in [3.8, 4) is 5.69 Å². The molecule has 0 bridgehead atoms. The van der Waals surface area contributed by atoms with Gasteiger partial charge >= 0.3 is 0 Å². The van der Waals surface area contributed by atoms with E-state index in [9.17, 15) is 9.59 Å². The van der Waals surface area contributed by atoms with Crippen molar-refractivity contribution in [1.29, 1.82) is 0 Å². The van der Waals surface area contributed by atoms with E-state index in [2.05, 4.69) is 43.1 Å². The lowest BCUT2D eigenvalue weighted by Gasteiger charge is -2.40. The molecule has 4 aromatic rings. The first-order valence-electron chi connectivity index (χ1n) is 15.3. The van der Waals surface area contributed by atoms with E-state index in [0.717, 1.165) is 22.2 Å². The summed E-state index contributed by atoms with van der Waals surface area (Å²) in [4.78, 5) is 30.2. The van der Waals surface area contributed by atoms with Crippen LogP contribution in [-0.2, 0) is 16.6 Å². The van der Waals surface area contributed by atoms with Crippen molar-refractivity contribution < 1.29 is 9.59 Å². The van der Waals surface area contributed by atoms with E-state index in [1.807, 2.05) is 75.9 Å². The van der Waals surface area contributed by atoms with Crippen LogP contribution in [0.3, 0.4) is 0 Å². The molecular formula is C35H39Cl2N5O2S. The van der Waals surface area contributed by atoms with Gasteiger partial charge in [-0.05, 0) is 60.2 Å². The molecule has 0 saturated carbocycles. The molecule has 2 amide bonds. The van der Waals surface area contributed by atoms with Gasteiger partial charge in [0.05, 0.1) is 15.7 Å². The molecule has 1 saturated heterocycles. The largest absolute Gasteiger partial charge is 0.339 e. The average molecular weight is 665 g/mol. The van der Waals surface area contributed by atoms with Gasteiger partial charge in [0.1, 0.15) is 5.82 Å². The second kappa shape index (κ2) is 14.4. The molecule has 7 nitrogen and oxygen atoms in total. The highest BCUT2D eigenvalue weighted by Gasteiger charge is 2.30. The van der Waals surface area contributed by atoms with E-state index in [-0.39, 0.29) is 23.3 Å². The van der Waals surface area contributed by atoms with Gasteiger partial charge < -0.3 is 9.80 Å². The van der Waals surface area contributed by atoms with Gasteiger partial charge in [0.15, 0.2) is 5.16 Å². The van der Waals surface area contributed by atoms with E-state index >= 15 is 0 Å². The van der Waals surface area contributed by atoms with Crippen LogP contribution in [0.1, 0.15) is 67.8 Å². The van der Waals surface area contributed by atoms with E-state index in [1.165, 1.54) is 5.56 Å². The lowest BCUT2D eigenvalue weighted by molar-refractivity contribution is -0.133. The number of hydrogen-bond acceptors (Lipinski definition) is 5. The van der Waals surface area contributed by atoms with Crippen LogP contribution < -0.4 is 0 Å². The van der Waals surface area contributed by atoms with Crippen molar-refractivity contribution in [1.82, 2.24) is 24.6 Å². The zero-order valence-electron chi connectivity index (χ0n) is 26.2. The second-order valence-corrected chi connectivity index (χ2v) is 14.3. The van der Waals surface area contributed by atoms with Crippen LogP contribution in [0, 0.1) is 0 Å². The van der Waals surface area contributed by atoms with Gasteiger partial charge in [-0.3, -0.25) is 14.2 Å². The van der Waals surface area contributed by atoms with Gasteiger partial charge in [-0.2, -0.15) is 0 Å². The molecule has 236 valence electrons. The molecule has 2 heterocycles. The zero-order chi connectivity index (χ0) is 32.1. The molecule has 0 N–H and O–H groups in total. The van der Waals surface area contributed by atoms with Crippen LogP contribution in [-0.4, -0.2) is 67.8 Å². The standard InChI is InChI=1S/C35H39Cl2N5O2S/c1-24-23-40(18-19-41(24)33(44)26-12-14-27(15-13-26)35(2,3)4)32(43)11-8-20-45-34-39-38-31(21-25-9-6-5-7-10-25)42(34)28-16-17-29(36)30(37)22-28/h5-7,9-10,12-17,22,24H,8,11,18-21,23H2,1-4H3. The Morgan fingerprint density at radius 3 is 2.33 bits per heavy atom. The quantitative estimate of drug-likeness (QED) is 0.136. The number of halogens is 2. The van der Waals surface area contributed by atoms with Gasteiger partial charge in [-0.25, -0.2) is 0 Å². The summed E-state index contributed by atoms with van der Waals surface area (Å²) in [7, 11) is 0. The number of piperazine rings is 1. The summed E-state index contributed by atoms with van der Waals surface area (Å²) in [5.41, 5.74) is 3.89. The molecule has 0 spiro atoms. The fraction of sp³-hybridized carbons (Fsp3) is 0.371. The minimum Gasteiger partial charge on any atom is -0.339 e. The molecule has 45 heavy (non-hydrogen) atoms. The van der Waals surface area contributed by atoms with Crippen molar-refractivity contribution in [3.63, 3.8) is 0 Å². The summed E-state index contributed by atoms with van der Waals surface area (Å²) in [5, 5.41) is 10.7. The fourth-order valence-electron chi connectivity index (χ4n) is 5.48. The lowest BCUT2D eigenvalue weighted by atomic mass is 9.86. The molecular weight excluding hydrogens is 625 g/mol. The van der Waals surface area contributed by atoms with Crippen LogP contribution in [0.4, 0.5) is 0 Å². The maximum atomic E-state index is 13.3. The van der Waals surface area contributed by atoms with E-state index in [0.29, 0.717) is 60.3 Å². The maximum absolute atomic E-state index is 13.3. The fourth-order valence-corrected chi connectivity index (χ4v) is 6.68. The topological polar surface area (TPSA) is 71.3 Å². The number of amides is 2. The zero-order valence-corrected chi connectivity index (χ0v) is 28.5. The molecule has 1 atom stereocenters. The molecule has 5 rings (SSSR count). The number of carbonyl (C=O) groups is 2. The maximum Gasteiger partial charge on any atom is 0.254 e. The number of benzene rings is 3. The average Bonchev–Trinajstić information content (AvgIpc) is 3.42. The number of nitrogens with zero attached hydrogens (tertiary/aromatic N) is 5. The number of hydrogen-bond donors (Lipinski definition) is 0. The van der Waals surface area contributed by atoms with Crippen LogP contribution in [0.25, 0.3) is 5.69 Å². The number of carbonyl (C=O) groups excluding carboxylic acids is 2. The highest BCUT2D eigenvalue weighted by atomic mass is 35.5. The van der Waals surface area contributed by atoms with Crippen LogP contribution >= 0.6 is 35.0 Å². The smallest absolute Gasteiger partial charge is 0.254 e. The van der Waals surface area contributed by atoms with Crippen molar-refractivity contribution in [2.45, 2.75) is 63.6 Å². The van der Waals surface area contributed by atoms with E-state index in [1.54, 1.807) is 17.8 Å². The van der Waals surface area contributed by atoms with Crippen molar-refractivity contribution >= 4 is 46.8 Å². The first-order chi connectivity index (χ1) is 21.5. The lowest BCUT2D eigenvalue weighted by Crippen LogP contribution is -2.55. The summed E-state index contributed by atoms with van der Waals surface area (Å²) in [6.45, 7) is 10.1. The van der Waals surface area contributed by atoms with E-state index in [4.69, 9.17) is 23.2 Å². The Morgan fingerprint density at radius 2 is 1.67 bits per heavy atom. The monoisotopic (exact) mass is 663 g/mol. The number of rotatable bonds is 9. The van der Waals surface area contributed by atoms with Gasteiger partial charge in [-0.15, -0.1) is 10.2 Å². The Bertz CT molecular complexity index is 1640. The minimum absolute atomic E-state index is 0.0178.